The number of carbonyl (C=O) groups is 1. The van der Waals surface area contributed by atoms with Gasteiger partial charge in [0.1, 0.15) is 5.75 Å². The lowest BCUT2D eigenvalue weighted by Crippen LogP contribution is -2.56. The van der Waals surface area contributed by atoms with Gasteiger partial charge in [-0.2, -0.15) is 0 Å². The molecule has 0 spiro atoms. The first kappa shape index (κ1) is 23.8. The van der Waals surface area contributed by atoms with Crippen molar-refractivity contribution in [2.24, 2.45) is 5.41 Å². The first-order valence-corrected chi connectivity index (χ1v) is 9.07. The first-order chi connectivity index (χ1) is 12.2. The molecule has 0 bridgehead atoms. The van der Waals surface area contributed by atoms with E-state index in [0.717, 1.165) is 63.5 Å². The predicted octanol–water partition coefficient (Wildman–Crippen LogP) is 2.20. The quantitative estimate of drug-likeness (QED) is 0.792. The molecule has 1 N–H and O–H groups in total. The van der Waals surface area contributed by atoms with Gasteiger partial charge in [0.05, 0.1) is 24.8 Å². The molecular formula is C19H31Cl2N3O3. The number of halogens is 2. The Hall–Kier alpha value is -1.21. The summed E-state index contributed by atoms with van der Waals surface area (Å²) in [5.41, 5.74) is 0.748. The van der Waals surface area contributed by atoms with Gasteiger partial charge in [-0.05, 0) is 38.1 Å². The van der Waals surface area contributed by atoms with Gasteiger partial charge < -0.3 is 24.6 Å². The average molecular weight is 420 g/mol. The average Bonchev–Trinajstić information content (AvgIpc) is 2.68. The predicted molar refractivity (Wildman–Crippen MR) is 113 cm³/mol. The molecule has 0 radical (unpaired) electrons. The number of anilines is 1. The topological polar surface area (TPSA) is 54.0 Å². The van der Waals surface area contributed by atoms with Gasteiger partial charge in [-0.3, -0.25) is 4.79 Å². The summed E-state index contributed by atoms with van der Waals surface area (Å²) < 4.78 is 10.9. The molecule has 2 aliphatic heterocycles. The molecule has 27 heavy (non-hydrogen) atoms. The fraction of sp³-hybridized carbons (Fsp3) is 0.632. The third kappa shape index (κ3) is 5.19. The Morgan fingerprint density at radius 3 is 2.30 bits per heavy atom. The summed E-state index contributed by atoms with van der Waals surface area (Å²) >= 11 is 0. The summed E-state index contributed by atoms with van der Waals surface area (Å²) in [4.78, 5) is 17.5. The van der Waals surface area contributed by atoms with Crippen LogP contribution < -0.4 is 15.0 Å². The van der Waals surface area contributed by atoms with Gasteiger partial charge in [-0.25, -0.2) is 0 Å². The highest BCUT2D eigenvalue weighted by atomic mass is 35.5. The summed E-state index contributed by atoms with van der Waals surface area (Å²) in [5, 5.41) is 3.35. The van der Waals surface area contributed by atoms with Crippen LogP contribution in [0.2, 0.25) is 0 Å². The summed E-state index contributed by atoms with van der Waals surface area (Å²) in [5.74, 6) is 1.15. The summed E-state index contributed by atoms with van der Waals surface area (Å²) in [7, 11) is 3.39. The molecule has 0 atom stereocenters. The van der Waals surface area contributed by atoms with Crippen LogP contribution in [0.15, 0.2) is 24.3 Å². The van der Waals surface area contributed by atoms with Crippen LogP contribution in [0.1, 0.15) is 12.8 Å². The van der Waals surface area contributed by atoms with E-state index in [1.165, 1.54) is 0 Å². The van der Waals surface area contributed by atoms with E-state index in [-0.39, 0.29) is 36.1 Å². The van der Waals surface area contributed by atoms with Crippen molar-refractivity contribution in [2.45, 2.75) is 12.8 Å². The highest BCUT2D eigenvalue weighted by Crippen LogP contribution is 2.33. The van der Waals surface area contributed by atoms with Crippen molar-refractivity contribution in [3.8, 4) is 5.75 Å². The third-order valence-corrected chi connectivity index (χ3v) is 5.43. The molecule has 2 aliphatic rings. The Kier molecular flexibility index (Phi) is 9.67. The van der Waals surface area contributed by atoms with Crippen molar-refractivity contribution in [1.29, 1.82) is 0 Å². The molecule has 3 rings (SSSR count). The van der Waals surface area contributed by atoms with Gasteiger partial charge >= 0.3 is 0 Å². The van der Waals surface area contributed by atoms with Gasteiger partial charge in [-0.1, -0.05) is 12.1 Å². The normalized spacial score (nSPS) is 18.9. The molecule has 0 unspecified atom stereocenters. The maximum absolute atomic E-state index is 13.2. The van der Waals surface area contributed by atoms with Crippen molar-refractivity contribution in [3.05, 3.63) is 24.3 Å². The number of nitrogens with zero attached hydrogens (tertiary/aromatic N) is 2. The van der Waals surface area contributed by atoms with E-state index in [4.69, 9.17) is 9.47 Å². The molecule has 1 amide bonds. The van der Waals surface area contributed by atoms with E-state index in [1.807, 2.05) is 23.1 Å². The highest BCUT2D eigenvalue weighted by molar-refractivity contribution is 5.85. The van der Waals surface area contributed by atoms with E-state index in [0.29, 0.717) is 6.61 Å². The zero-order valence-corrected chi connectivity index (χ0v) is 17.7. The Morgan fingerprint density at radius 2 is 1.70 bits per heavy atom. The van der Waals surface area contributed by atoms with Crippen molar-refractivity contribution >= 4 is 36.4 Å². The fourth-order valence-electron chi connectivity index (χ4n) is 3.98. The molecule has 6 nitrogen and oxygen atoms in total. The standard InChI is InChI=1S/C19H29N3O3.2ClH/c1-24-15-19(7-9-20-10-8-19)18(23)22-13-11-21(12-14-22)16-5-3-4-6-17(16)25-2;;/h3-6,20H,7-15H2,1-2H3;2*1H. The molecule has 2 heterocycles. The van der Waals surface area contributed by atoms with Gasteiger partial charge in [-0.15, -0.1) is 24.8 Å². The Bertz CT molecular complexity index is 584. The number of ether oxygens (including phenoxy) is 2. The smallest absolute Gasteiger partial charge is 0.231 e. The lowest BCUT2D eigenvalue weighted by Gasteiger charge is -2.43. The van der Waals surface area contributed by atoms with E-state index < -0.39 is 0 Å². The van der Waals surface area contributed by atoms with Crippen LogP contribution in [-0.4, -0.2) is 70.9 Å². The van der Waals surface area contributed by atoms with Crippen LogP contribution in [-0.2, 0) is 9.53 Å². The maximum atomic E-state index is 13.2. The molecule has 1 aromatic rings. The number of carbonyl (C=O) groups excluding carboxylic acids is 1. The Morgan fingerprint density at radius 1 is 1.07 bits per heavy atom. The number of methoxy groups -OCH3 is 2. The van der Waals surface area contributed by atoms with E-state index in [2.05, 4.69) is 16.3 Å². The largest absolute Gasteiger partial charge is 0.495 e. The number of nitrogens with one attached hydrogen (secondary N) is 1. The van der Waals surface area contributed by atoms with Crippen LogP contribution in [0.25, 0.3) is 0 Å². The lowest BCUT2D eigenvalue weighted by atomic mass is 9.78. The lowest BCUT2D eigenvalue weighted by molar-refractivity contribution is -0.147. The summed E-state index contributed by atoms with van der Waals surface area (Å²) in [6.07, 6.45) is 1.71. The fourth-order valence-corrected chi connectivity index (χ4v) is 3.98. The van der Waals surface area contributed by atoms with E-state index in [9.17, 15) is 4.79 Å². The summed E-state index contributed by atoms with van der Waals surface area (Å²) in [6, 6.07) is 8.07. The van der Waals surface area contributed by atoms with E-state index >= 15 is 0 Å². The molecule has 0 saturated carbocycles. The molecular weight excluding hydrogens is 389 g/mol. The zero-order valence-electron chi connectivity index (χ0n) is 16.1. The van der Waals surface area contributed by atoms with E-state index in [1.54, 1.807) is 14.2 Å². The molecule has 2 saturated heterocycles. The minimum Gasteiger partial charge on any atom is -0.495 e. The monoisotopic (exact) mass is 419 g/mol. The number of piperidine rings is 1. The Balaban J connectivity index is 0.00000182. The number of benzene rings is 1. The second kappa shape index (κ2) is 11.0. The molecule has 2 fully saturated rings. The molecule has 1 aromatic carbocycles. The molecule has 154 valence electrons. The SMILES string of the molecule is COCC1(C(=O)N2CCN(c3ccccc3OC)CC2)CCNCC1.Cl.Cl. The molecule has 0 aliphatic carbocycles. The third-order valence-electron chi connectivity index (χ3n) is 5.43. The van der Waals surface area contributed by atoms with Crippen molar-refractivity contribution in [1.82, 2.24) is 10.2 Å². The van der Waals surface area contributed by atoms with Gasteiger partial charge in [0.25, 0.3) is 0 Å². The number of hydrogen-bond donors (Lipinski definition) is 1. The second-order valence-electron chi connectivity index (χ2n) is 6.91. The Labute approximate surface area is 174 Å². The number of rotatable bonds is 5. The number of para-hydroxylation sites is 2. The molecule has 0 aromatic heterocycles. The number of piperazine rings is 1. The van der Waals surface area contributed by atoms with Crippen LogP contribution >= 0.6 is 24.8 Å². The zero-order chi connectivity index (χ0) is 17.7. The van der Waals surface area contributed by atoms with Crippen LogP contribution in [0.3, 0.4) is 0 Å². The second-order valence-corrected chi connectivity index (χ2v) is 6.91. The summed E-state index contributed by atoms with van der Waals surface area (Å²) in [6.45, 7) is 5.43. The minimum absolute atomic E-state index is 0. The van der Waals surface area contributed by atoms with Gasteiger partial charge in [0.2, 0.25) is 5.91 Å². The van der Waals surface area contributed by atoms with Gasteiger partial charge in [0, 0.05) is 33.3 Å². The van der Waals surface area contributed by atoms with Crippen LogP contribution in [0.4, 0.5) is 5.69 Å². The molecule has 8 heteroatoms. The van der Waals surface area contributed by atoms with Crippen molar-refractivity contribution < 1.29 is 14.3 Å². The van der Waals surface area contributed by atoms with Crippen molar-refractivity contribution in [2.75, 3.05) is 65.0 Å². The maximum Gasteiger partial charge on any atom is 0.231 e. The van der Waals surface area contributed by atoms with Crippen molar-refractivity contribution in [3.63, 3.8) is 0 Å². The number of amides is 1. The first-order valence-electron chi connectivity index (χ1n) is 9.07. The van der Waals surface area contributed by atoms with Crippen LogP contribution in [0, 0.1) is 5.41 Å². The minimum atomic E-state index is -0.355. The number of hydrogen-bond acceptors (Lipinski definition) is 5. The highest BCUT2D eigenvalue weighted by Gasteiger charge is 2.42. The van der Waals surface area contributed by atoms with Crippen LogP contribution in [0.5, 0.6) is 5.75 Å². The van der Waals surface area contributed by atoms with Gasteiger partial charge in [0.15, 0.2) is 0 Å².